The van der Waals surface area contributed by atoms with Gasteiger partial charge in [-0.25, -0.2) is 0 Å². The summed E-state index contributed by atoms with van der Waals surface area (Å²) >= 11 is 3.75. The van der Waals surface area contributed by atoms with Crippen molar-refractivity contribution in [3.8, 4) is 32.4 Å². The van der Waals surface area contributed by atoms with Gasteiger partial charge in [0, 0.05) is 19.2 Å². The van der Waals surface area contributed by atoms with E-state index in [0.717, 1.165) is 37.6 Å². The highest BCUT2D eigenvalue weighted by Gasteiger charge is 2.10. The SMILES string of the molecule is CCCCCCCCCCCCOc1ccc(-c2cc3cc4sc(-c5ccc(OCCCCCCCC)cc5)cc4cc3s2)cc1. The minimum absolute atomic E-state index is 0.810. The van der Waals surface area contributed by atoms with E-state index in [0.29, 0.717) is 0 Å². The largest absolute Gasteiger partial charge is 0.494 e. The highest BCUT2D eigenvalue weighted by Crippen LogP contribution is 2.40. The zero-order valence-corrected chi connectivity index (χ0v) is 29.9. The summed E-state index contributed by atoms with van der Waals surface area (Å²) in [7, 11) is 0. The molecule has 2 nitrogen and oxygen atoms in total. The molecule has 0 radical (unpaired) electrons. The molecule has 0 saturated carbocycles. The molecule has 0 bridgehead atoms. The van der Waals surface area contributed by atoms with Gasteiger partial charge >= 0.3 is 0 Å². The zero-order valence-electron chi connectivity index (χ0n) is 28.3. The van der Waals surface area contributed by atoms with Crippen molar-refractivity contribution >= 4 is 42.8 Å². The summed E-state index contributed by atoms with van der Waals surface area (Å²) in [5, 5.41) is 2.64. The van der Waals surface area contributed by atoms with E-state index < -0.39 is 0 Å². The van der Waals surface area contributed by atoms with Crippen LogP contribution >= 0.6 is 22.7 Å². The molecule has 4 heteroatoms. The van der Waals surface area contributed by atoms with Crippen LogP contribution in [0.4, 0.5) is 0 Å². The van der Waals surface area contributed by atoms with Crippen molar-refractivity contribution < 1.29 is 9.47 Å². The van der Waals surface area contributed by atoms with Crippen LogP contribution in [0.5, 0.6) is 11.5 Å². The Balaban J connectivity index is 1.07. The van der Waals surface area contributed by atoms with E-state index in [1.807, 2.05) is 22.7 Å². The second-order valence-electron chi connectivity index (χ2n) is 12.8. The molecule has 0 atom stereocenters. The number of benzene rings is 3. The Bertz CT molecular complexity index is 1510. The topological polar surface area (TPSA) is 18.5 Å². The second-order valence-corrected chi connectivity index (χ2v) is 15.0. The van der Waals surface area contributed by atoms with E-state index in [9.17, 15) is 0 Å². The van der Waals surface area contributed by atoms with Crippen molar-refractivity contribution in [2.45, 2.75) is 117 Å². The molecule has 246 valence electrons. The monoisotopic (exact) mass is 654 g/mol. The molecule has 0 spiro atoms. The molecule has 0 N–H and O–H groups in total. The first-order chi connectivity index (χ1) is 22.7. The maximum Gasteiger partial charge on any atom is 0.119 e. The molecule has 0 saturated heterocycles. The van der Waals surface area contributed by atoms with Crippen molar-refractivity contribution in [1.29, 1.82) is 0 Å². The third-order valence-electron chi connectivity index (χ3n) is 8.97. The van der Waals surface area contributed by atoms with Crippen molar-refractivity contribution in [3.63, 3.8) is 0 Å². The van der Waals surface area contributed by atoms with Gasteiger partial charge < -0.3 is 9.47 Å². The zero-order chi connectivity index (χ0) is 31.8. The molecular weight excluding hydrogens is 601 g/mol. The van der Waals surface area contributed by atoms with Gasteiger partial charge in [0.05, 0.1) is 13.2 Å². The molecule has 0 fully saturated rings. The van der Waals surface area contributed by atoms with Gasteiger partial charge in [0.1, 0.15) is 11.5 Å². The quantitative estimate of drug-likeness (QED) is 0.0691. The molecule has 2 aromatic heterocycles. The number of ether oxygens (including phenoxy) is 2. The highest BCUT2D eigenvalue weighted by atomic mass is 32.1. The normalized spacial score (nSPS) is 11.5. The highest BCUT2D eigenvalue weighted by molar-refractivity contribution is 7.23. The molecule has 5 aromatic rings. The smallest absolute Gasteiger partial charge is 0.119 e. The van der Waals surface area contributed by atoms with Crippen LogP contribution in [0.25, 0.3) is 41.1 Å². The van der Waals surface area contributed by atoms with E-state index in [4.69, 9.17) is 9.47 Å². The first-order valence-electron chi connectivity index (χ1n) is 18.2. The van der Waals surface area contributed by atoms with Gasteiger partial charge in [0.2, 0.25) is 0 Å². The van der Waals surface area contributed by atoms with Gasteiger partial charge in [-0.2, -0.15) is 0 Å². The van der Waals surface area contributed by atoms with E-state index in [2.05, 4.69) is 86.6 Å². The van der Waals surface area contributed by atoms with Crippen LogP contribution in [0, 0.1) is 0 Å². The lowest BCUT2D eigenvalue weighted by Crippen LogP contribution is -1.97. The van der Waals surface area contributed by atoms with Crippen LogP contribution < -0.4 is 9.47 Å². The number of unbranched alkanes of at least 4 members (excludes halogenated alkanes) is 14. The van der Waals surface area contributed by atoms with E-state index >= 15 is 0 Å². The molecule has 0 amide bonds. The average Bonchev–Trinajstić information content (AvgIpc) is 3.69. The number of rotatable bonds is 22. The van der Waals surface area contributed by atoms with Crippen LogP contribution in [0.1, 0.15) is 117 Å². The molecule has 0 aliphatic heterocycles. The summed E-state index contributed by atoms with van der Waals surface area (Å²) < 4.78 is 14.7. The molecular formula is C42H54O2S2. The van der Waals surface area contributed by atoms with Crippen LogP contribution in [-0.2, 0) is 0 Å². The van der Waals surface area contributed by atoms with Crippen LogP contribution in [0.2, 0.25) is 0 Å². The van der Waals surface area contributed by atoms with Crippen molar-refractivity contribution in [2.24, 2.45) is 0 Å². The molecule has 0 aliphatic rings. The van der Waals surface area contributed by atoms with Gasteiger partial charge in [-0.3, -0.25) is 0 Å². The first kappa shape index (κ1) is 34.5. The van der Waals surface area contributed by atoms with Crippen molar-refractivity contribution in [3.05, 3.63) is 72.8 Å². The van der Waals surface area contributed by atoms with E-state index in [-0.39, 0.29) is 0 Å². The summed E-state index contributed by atoms with van der Waals surface area (Å²) in [5.74, 6) is 1.95. The number of hydrogen-bond acceptors (Lipinski definition) is 4. The molecule has 3 aromatic carbocycles. The summed E-state index contributed by atoms with van der Waals surface area (Å²) in [6.07, 6.45) is 21.2. The van der Waals surface area contributed by atoms with E-state index in [1.165, 1.54) is 131 Å². The van der Waals surface area contributed by atoms with Gasteiger partial charge in [-0.15, -0.1) is 22.7 Å². The predicted molar refractivity (Wildman–Crippen MR) is 204 cm³/mol. The minimum Gasteiger partial charge on any atom is -0.494 e. The van der Waals surface area contributed by atoms with Crippen molar-refractivity contribution in [1.82, 2.24) is 0 Å². The number of hydrogen-bond donors (Lipinski definition) is 0. The maximum atomic E-state index is 6.06. The summed E-state index contributed by atoms with van der Waals surface area (Å²) in [5.41, 5.74) is 2.52. The Morgan fingerprint density at radius 3 is 1.13 bits per heavy atom. The van der Waals surface area contributed by atoms with Crippen LogP contribution in [0.15, 0.2) is 72.8 Å². The molecule has 46 heavy (non-hydrogen) atoms. The Morgan fingerprint density at radius 2 is 0.761 bits per heavy atom. The summed E-state index contributed by atoms with van der Waals surface area (Å²) in [6, 6.07) is 26.7. The molecule has 2 heterocycles. The second kappa shape index (κ2) is 19.1. The van der Waals surface area contributed by atoms with Crippen molar-refractivity contribution in [2.75, 3.05) is 13.2 Å². The van der Waals surface area contributed by atoms with E-state index in [1.54, 1.807) is 0 Å². The lowest BCUT2D eigenvalue weighted by molar-refractivity contribution is 0.304. The Kier molecular flexibility index (Phi) is 14.3. The lowest BCUT2D eigenvalue weighted by atomic mass is 10.1. The maximum absolute atomic E-state index is 6.06. The van der Waals surface area contributed by atoms with Gasteiger partial charge in [-0.1, -0.05) is 104 Å². The Morgan fingerprint density at radius 1 is 0.413 bits per heavy atom. The molecule has 0 aliphatic carbocycles. The van der Waals surface area contributed by atoms with Gasteiger partial charge in [0.15, 0.2) is 0 Å². The average molecular weight is 655 g/mol. The molecule has 5 rings (SSSR count). The summed E-state index contributed by atoms with van der Waals surface area (Å²) in [4.78, 5) is 2.62. The Hall–Kier alpha value is -2.82. The fourth-order valence-electron chi connectivity index (χ4n) is 6.14. The molecule has 0 unspecified atom stereocenters. The minimum atomic E-state index is 0.810. The number of thiophene rings is 2. The third kappa shape index (κ3) is 10.6. The fourth-order valence-corrected chi connectivity index (χ4v) is 8.34. The Labute approximate surface area is 286 Å². The van der Waals surface area contributed by atoms with Crippen LogP contribution in [-0.4, -0.2) is 13.2 Å². The van der Waals surface area contributed by atoms with Crippen LogP contribution in [0.3, 0.4) is 0 Å². The van der Waals surface area contributed by atoms with Gasteiger partial charge in [-0.05, 0) is 108 Å². The summed E-state index contributed by atoms with van der Waals surface area (Å²) in [6.45, 7) is 6.17. The lowest BCUT2D eigenvalue weighted by Gasteiger charge is -2.07. The third-order valence-corrected chi connectivity index (χ3v) is 11.3. The first-order valence-corrected chi connectivity index (χ1v) is 19.8. The standard InChI is InChI=1S/C42H54O2S2/c1-3-5-7-9-11-12-13-14-16-18-28-44-38-25-21-34(22-26-38)40-30-36-32-41-35(31-42(36)46-40)29-39(45-41)33-19-23-37(24-20-33)43-27-17-15-10-8-6-4-2/h19-26,29-32H,3-18,27-28H2,1-2H3. The number of fused-ring (bicyclic) bond motifs is 2. The van der Waals surface area contributed by atoms with Gasteiger partial charge in [0.25, 0.3) is 0 Å². The predicted octanol–water partition coefficient (Wildman–Crippen LogP) is 14.5. The fraction of sp³-hybridized carbons (Fsp3) is 0.476.